The van der Waals surface area contributed by atoms with E-state index in [1.165, 1.54) is 0 Å². The standard InChI is InChI=1S/C29H25N3O4/c1-31-17-24(27(32(34)35)29(31)25-11-4-5-12-26(25)30-28(29)33)20-13-15-22(16-14-20)36-18-21-9-6-8-19-7-2-3-10-23(19)21/h2-16,24,27H,17-18H2,1H3,(H,30,33)/t24-,27-,29-/m1/s1. The first-order valence-corrected chi connectivity index (χ1v) is 11.9. The highest BCUT2D eigenvalue weighted by atomic mass is 16.6. The van der Waals surface area contributed by atoms with Crippen molar-refractivity contribution in [2.24, 2.45) is 0 Å². The Balaban J connectivity index is 1.27. The lowest BCUT2D eigenvalue weighted by Crippen LogP contribution is -2.54. The fourth-order valence-electron chi connectivity index (χ4n) is 5.97. The molecule has 7 heteroatoms. The molecule has 1 amide bonds. The molecule has 6 rings (SSSR count). The summed E-state index contributed by atoms with van der Waals surface area (Å²) >= 11 is 0. The van der Waals surface area contributed by atoms with Crippen molar-refractivity contribution in [1.29, 1.82) is 0 Å². The Morgan fingerprint density at radius 1 is 1.00 bits per heavy atom. The number of rotatable bonds is 5. The number of para-hydroxylation sites is 1. The number of hydrogen-bond donors (Lipinski definition) is 1. The van der Waals surface area contributed by atoms with Gasteiger partial charge in [0.15, 0.2) is 5.54 Å². The van der Waals surface area contributed by atoms with Crippen LogP contribution in [0.1, 0.15) is 22.6 Å². The number of fused-ring (bicyclic) bond motifs is 3. The van der Waals surface area contributed by atoms with Crippen molar-refractivity contribution in [3.63, 3.8) is 0 Å². The third-order valence-electron chi connectivity index (χ3n) is 7.62. The van der Waals surface area contributed by atoms with Crippen LogP contribution in [0.3, 0.4) is 0 Å². The number of amides is 1. The Kier molecular flexibility index (Phi) is 5.23. The summed E-state index contributed by atoms with van der Waals surface area (Å²) in [5.74, 6) is -0.103. The first-order valence-electron chi connectivity index (χ1n) is 11.9. The van der Waals surface area contributed by atoms with E-state index >= 15 is 0 Å². The summed E-state index contributed by atoms with van der Waals surface area (Å²) < 4.78 is 6.06. The molecule has 4 aromatic carbocycles. The van der Waals surface area contributed by atoms with Crippen LogP contribution in [0.2, 0.25) is 0 Å². The van der Waals surface area contributed by atoms with Gasteiger partial charge in [0.2, 0.25) is 0 Å². The zero-order chi connectivity index (χ0) is 24.9. The molecule has 1 fully saturated rings. The molecule has 2 aliphatic rings. The van der Waals surface area contributed by atoms with Crippen molar-refractivity contribution in [3.05, 3.63) is 118 Å². The topological polar surface area (TPSA) is 84.7 Å². The molecule has 2 heterocycles. The lowest BCUT2D eigenvalue weighted by Gasteiger charge is -2.30. The van der Waals surface area contributed by atoms with Crippen molar-refractivity contribution in [2.75, 3.05) is 18.9 Å². The van der Waals surface area contributed by atoms with E-state index in [1.54, 1.807) is 13.1 Å². The van der Waals surface area contributed by atoms with Crippen LogP contribution in [0.25, 0.3) is 10.8 Å². The monoisotopic (exact) mass is 479 g/mol. The van der Waals surface area contributed by atoms with E-state index in [2.05, 4.69) is 29.6 Å². The van der Waals surface area contributed by atoms with Crippen molar-refractivity contribution < 1.29 is 14.5 Å². The highest BCUT2D eigenvalue weighted by molar-refractivity contribution is 6.06. The molecule has 0 unspecified atom stereocenters. The minimum absolute atomic E-state index is 0.291. The van der Waals surface area contributed by atoms with Crippen molar-refractivity contribution in [1.82, 2.24) is 4.90 Å². The lowest BCUT2D eigenvalue weighted by atomic mass is 9.79. The number of nitro groups is 1. The van der Waals surface area contributed by atoms with E-state index < -0.39 is 17.5 Å². The molecule has 3 atom stereocenters. The number of carbonyl (C=O) groups excluding carboxylic acids is 1. The molecule has 1 spiro atoms. The number of carbonyl (C=O) groups is 1. The maximum atomic E-state index is 13.2. The second-order valence-corrected chi connectivity index (χ2v) is 9.48. The number of benzene rings is 4. The van der Waals surface area contributed by atoms with Gasteiger partial charge in [0.1, 0.15) is 12.4 Å². The van der Waals surface area contributed by atoms with E-state index in [-0.39, 0.29) is 10.8 Å². The number of likely N-dealkylation sites (N-methyl/N-ethyl adjacent to an activating group) is 1. The van der Waals surface area contributed by atoms with Gasteiger partial charge in [0, 0.05) is 22.7 Å². The molecule has 4 aromatic rings. The summed E-state index contributed by atoms with van der Waals surface area (Å²) in [6, 6.07) is 27.9. The van der Waals surface area contributed by atoms with Gasteiger partial charge in [-0.05, 0) is 47.1 Å². The van der Waals surface area contributed by atoms with Crippen LogP contribution in [-0.2, 0) is 16.9 Å². The molecule has 7 nitrogen and oxygen atoms in total. The van der Waals surface area contributed by atoms with Crippen LogP contribution >= 0.6 is 0 Å². The van der Waals surface area contributed by atoms with E-state index in [0.29, 0.717) is 30.2 Å². The maximum Gasteiger partial charge on any atom is 0.256 e. The Bertz CT molecular complexity index is 1480. The Morgan fingerprint density at radius 2 is 1.72 bits per heavy atom. The number of nitrogens with zero attached hydrogens (tertiary/aromatic N) is 2. The molecule has 0 bridgehead atoms. The highest BCUT2D eigenvalue weighted by Gasteiger charge is 2.68. The molecule has 2 aliphatic heterocycles. The molecule has 180 valence electrons. The highest BCUT2D eigenvalue weighted by Crippen LogP contribution is 2.52. The molecule has 1 N–H and O–H groups in total. The molecule has 36 heavy (non-hydrogen) atoms. The van der Waals surface area contributed by atoms with Crippen LogP contribution in [0.4, 0.5) is 5.69 Å². The second-order valence-electron chi connectivity index (χ2n) is 9.48. The maximum absolute atomic E-state index is 13.2. The van der Waals surface area contributed by atoms with Crippen LogP contribution in [0.5, 0.6) is 5.75 Å². The van der Waals surface area contributed by atoms with Crippen molar-refractivity contribution >= 4 is 22.4 Å². The van der Waals surface area contributed by atoms with Gasteiger partial charge in [-0.15, -0.1) is 0 Å². The van der Waals surface area contributed by atoms with Gasteiger partial charge in [-0.2, -0.15) is 0 Å². The summed E-state index contributed by atoms with van der Waals surface area (Å²) in [6.07, 6.45) is 0. The average Bonchev–Trinajstić information content (AvgIpc) is 3.37. The van der Waals surface area contributed by atoms with Gasteiger partial charge in [-0.3, -0.25) is 19.8 Å². The fraction of sp³-hybridized carbons (Fsp3) is 0.207. The molecular formula is C29H25N3O4. The molecule has 0 saturated carbocycles. The second kappa shape index (κ2) is 8.46. The van der Waals surface area contributed by atoms with Gasteiger partial charge in [-0.25, -0.2) is 0 Å². The van der Waals surface area contributed by atoms with Crippen LogP contribution in [0.15, 0.2) is 91.0 Å². The molecular weight excluding hydrogens is 454 g/mol. The van der Waals surface area contributed by atoms with Gasteiger partial charge < -0.3 is 10.1 Å². The third kappa shape index (κ3) is 3.27. The Labute approximate surface area is 208 Å². The summed E-state index contributed by atoms with van der Waals surface area (Å²) in [5, 5.41) is 17.6. The van der Waals surface area contributed by atoms with E-state index in [9.17, 15) is 14.9 Å². The minimum Gasteiger partial charge on any atom is -0.489 e. The zero-order valence-corrected chi connectivity index (χ0v) is 19.8. The number of anilines is 1. The average molecular weight is 480 g/mol. The predicted molar refractivity (Wildman–Crippen MR) is 138 cm³/mol. The van der Waals surface area contributed by atoms with Gasteiger partial charge in [-0.1, -0.05) is 72.8 Å². The first kappa shape index (κ1) is 22.2. The molecule has 0 aliphatic carbocycles. The normalized spacial score (nSPS) is 23.1. The summed E-state index contributed by atoms with van der Waals surface area (Å²) in [6.45, 7) is 0.814. The Hall–Kier alpha value is -4.23. The molecule has 0 radical (unpaired) electrons. The summed E-state index contributed by atoms with van der Waals surface area (Å²) in [7, 11) is 1.79. The minimum atomic E-state index is -1.34. The lowest BCUT2D eigenvalue weighted by molar-refractivity contribution is -0.534. The largest absolute Gasteiger partial charge is 0.489 e. The van der Waals surface area contributed by atoms with Crippen LogP contribution in [0, 0.1) is 10.1 Å². The van der Waals surface area contributed by atoms with E-state index in [0.717, 1.165) is 21.9 Å². The first-order chi connectivity index (χ1) is 17.5. The summed E-state index contributed by atoms with van der Waals surface area (Å²) in [5.41, 5.74) is 1.87. The smallest absolute Gasteiger partial charge is 0.256 e. The summed E-state index contributed by atoms with van der Waals surface area (Å²) in [4.78, 5) is 27.2. The van der Waals surface area contributed by atoms with E-state index in [4.69, 9.17) is 4.74 Å². The Morgan fingerprint density at radius 3 is 2.53 bits per heavy atom. The fourth-order valence-corrected chi connectivity index (χ4v) is 5.97. The van der Waals surface area contributed by atoms with E-state index in [1.807, 2.05) is 65.6 Å². The van der Waals surface area contributed by atoms with Crippen LogP contribution in [-0.4, -0.2) is 35.4 Å². The SMILES string of the molecule is CN1C[C@H](c2ccc(OCc3cccc4ccccc34)cc2)[C@@H]([N+](=O)[O-])[C@]12C(=O)Nc1ccccc12. The number of likely N-dealkylation sites (tertiary alicyclic amines) is 1. The van der Waals surface area contributed by atoms with Crippen LogP contribution < -0.4 is 10.1 Å². The van der Waals surface area contributed by atoms with Gasteiger partial charge in [0.25, 0.3) is 11.9 Å². The van der Waals surface area contributed by atoms with Gasteiger partial charge >= 0.3 is 0 Å². The number of hydrogen-bond acceptors (Lipinski definition) is 5. The van der Waals surface area contributed by atoms with Gasteiger partial charge in [0.05, 0.1) is 5.92 Å². The zero-order valence-electron chi connectivity index (χ0n) is 19.8. The predicted octanol–water partition coefficient (Wildman–Crippen LogP) is 4.94. The quantitative estimate of drug-likeness (QED) is 0.324. The number of ether oxygens (including phenoxy) is 1. The number of nitrogens with one attached hydrogen (secondary N) is 1. The molecule has 0 aromatic heterocycles. The third-order valence-corrected chi connectivity index (χ3v) is 7.62. The van der Waals surface area contributed by atoms with Crippen molar-refractivity contribution in [2.45, 2.75) is 24.1 Å². The van der Waals surface area contributed by atoms with Crippen molar-refractivity contribution in [3.8, 4) is 5.75 Å². The molecule has 1 saturated heterocycles.